The van der Waals surface area contributed by atoms with E-state index < -0.39 is 6.04 Å². The van der Waals surface area contributed by atoms with Crippen LogP contribution in [0, 0.1) is 13.8 Å². The van der Waals surface area contributed by atoms with E-state index in [1.54, 1.807) is 0 Å². The number of fused-ring (bicyclic) bond motifs is 1. The maximum Gasteiger partial charge on any atom is 0.254 e. The second-order valence-electron chi connectivity index (χ2n) is 5.50. The Hall–Kier alpha value is -1.84. The first-order chi connectivity index (χ1) is 9.45. The Labute approximate surface area is 120 Å². The third-order valence-corrected chi connectivity index (χ3v) is 3.65. The van der Waals surface area contributed by atoms with Crippen molar-refractivity contribution < 1.29 is 9.59 Å². The molecule has 2 rings (SSSR count). The predicted molar refractivity (Wildman–Crippen MR) is 79.7 cm³/mol. The van der Waals surface area contributed by atoms with E-state index in [0.717, 1.165) is 35.2 Å². The van der Waals surface area contributed by atoms with Gasteiger partial charge in [-0.25, -0.2) is 0 Å². The Morgan fingerprint density at radius 1 is 1.35 bits per heavy atom. The third-order valence-electron chi connectivity index (χ3n) is 3.65. The van der Waals surface area contributed by atoms with Gasteiger partial charge >= 0.3 is 0 Å². The minimum atomic E-state index is -0.530. The summed E-state index contributed by atoms with van der Waals surface area (Å²) in [6, 6.07) is 3.56. The van der Waals surface area contributed by atoms with Gasteiger partial charge in [0.2, 0.25) is 5.91 Å². The number of amides is 2. The number of aryl methyl sites for hydroxylation is 2. The van der Waals surface area contributed by atoms with E-state index in [1.165, 1.54) is 6.92 Å². The van der Waals surface area contributed by atoms with Crippen LogP contribution in [0.25, 0.3) is 0 Å². The predicted octanol–water partition coefficient (Wildman–Crippen LogP) is 2.63. The lowest BCUT2D eigenvalue weighted by Crippen LogP contribution is -2.37. The third kappa shape index (κ3) is 2.55. The van der Waals surface area contributed by atoms with Crippen molar-refractivity contribution >= 4 is 17.5 Å². The summed E-state index contributed by atoms with van der Waals surface area (Å²) in [6.45, 7) is 8.30. The number of nitrogens with zero attached hydrogens (tertiary/aromatic N) is 1. The van der Waals surface area contributed by atoms with Crippen LogP contribution in [0.3, 0.4) is 0 Å². The van der Waals surface area contributed by atoms with Crippen LogP contribution in [0.4, 0.5) is 5.69 Å². The van der Waals surface area contributed by atoms with Gasteiger partial charge in [-0.2, -0.15) is 0 Å². The highest BCUT2D eigenvalue weighted by Crippen LogP contribution is 2.39. The molecule has 0 unspecified atom stereocenters. The summed E-state index contributed by atoms with van der Waals surface area (Å²) in [5, 5.41) is 2.78. The van der Waals surface area contributed by atoms with Gasteiger partial charge < -0.3 is 10.2 Å². The second kappa shape index (κ2) is 5.65. The van der Waals surface area contributed by atoms with Crippen LogP contribution >= 0.6 is 0 Å². The first kappa shape index (κ1) is 14.6. The van der Waals surface area contributed by atoms with Gasteiger partial charge in [-0.05, 0) is 25.8 Å². The van der Waals surface area contributed by atoms with Gasteiger partial charge in [-0.1, -0.05) is 31.0 Å². The standard InChI is InChI=1S/C16H22N2O2/c1-5-6-7-18-15-11(3)8-10(2)9-13(15)14(16(18)20)17-12(4)19/h8-9,14H,5-7H2,1-4H3,(H,17,19)/t14-/m1/s1. The molecule has 0 bridgehead atoms. The van der Waals surface area contributed by atoms with Gasteiger partial charge in [-0.3, -0.25) is 9.59 Å². The van der Waals surface area contributed by atoms with Crippen LogP contribution in [0.1, 0.15) is 49.4 Å². The van der Waals surface area contributed by atoms with Crippen molar-refractivity contribution in [2.45, 2.75) is 46.6 Å². The Balaban J connectivity index is 2.46. The minimum Gasteiger partial charge on any atom is -0.341 e. The highest BCUT2D eigenvalue weighted by molar-refractivity contribution is 6.06. The van der Waals surface area contributed by atoms with Crippen LogP contribution in [-0.2, 0) is 9.59 Å². The topological polar surface area (TPSA) is 49.4 Å². The first-order valence-corrected chi connectivity index (χ1v) is 7.15. The molecule has 0 aliphatic carbocycles. The molecule has 108 valence electrons. The lowest BCUT2D eigenvalue weighted by Gasteiger charge is -2.19. The van der Waals surface area contributed by atoms with Gasteiger partial charge in [0.05, 0.1) is 5.69 Å². The lowest BCUT2D eigenvalue weighted by molar-refractivity contribution is -0.126. The smallest absolute Gasteiger partial charge is 0.254 e. The maximum atomic E-state index is 12.6. The molecule has 1 heterocycles. The second-order valence-corrected chi connectivity index (χ2v) is 5.50. The van der Waals surface area contributed by atoms with E-state index in [9.17, 15) is 9.59 Å². The van der Waals surface area contributed by atoms with Gasteiger partial charge in [0.25, 0.3) is 5.91 Å². The van der Waals surface area contributed by atoms with Crippen LogP contribution in [0.15, 0.2) is 12.1 Å². The largest absolute Gasteiger partial charge is 0.341 e. The van der Waals surface area contributed by atoms with Crippen molar-refractivity contribution in [2.75, 3.05) is 11.4 Å². The molecule has 2 amide bonds. The van der Waals surface area contributed by atoms with Crippen molar-refractivity contribution in [3.63, 3.8) is 0 Å². The molecule has 1 N–H and O–H groups in total. The van der Waals surface area contributed by atoms with Crippen molar-refractivity contribution in [3.05, 3.63) is 28.8 Å². The molecular weight excluding hydrogens is 252 g/mol. The molecule has 1 aliphatic heterocycles. The van der Waals surface area contributed by atoms with Crippen LogP contribution in [-0.4, -0.2) is 18.4 Å². The van der Waals surface area contributed by atoms with Crippen molar-refractivity contribution in [3.8, 4) is 0 Å². The van der Waals surface area contributed by atoms with E-state index in [-0.39, 0.29) is 11.8 Å². The number of carbonyl (C=O) groups excluding carboxylic acids is 2. The summed E-state index contributed by atoms with van der Waals surface area (Å²) in [5.74, 6) is -0.192. The number of unbranched alkanes of at least 4 members (excludes halogenated alkanes) is 1. The zero-order valence-electron chi connectivity index (χ0n) is 12.6. The fraction of sp³-hybridized carbons (Fsp3) is 0.500. The molecule has 1 atom stereocenters. The Morgan fingerprint density at radius 2 is 2.05 bits per heavy atom. The average Bonchev–Trinajstić information content (AvgIpc) is 2.60. The summed E-state index contributed by atoms with van der Waals surface area (Å²) in [4.78, 5) is 25.8. The zero-order valence-corrected chi connectivity index (χ0v) is 12.6. The number of anilines is 1. The number of nitrogens with one attached hydrogen (secondary N) is 1. The van der Waals surface area contributed by atoms with Crippen LogP contribution in [0.5, 0.6) is 0 Å². The number of hydrogen-bond donors (Lipinski definition) is 1. The van der Waals surface area contributed by atoms with Gasteiger partial charge in [-0.15, -0.1) is 0 Å². The Bertz CT molecular complexity index is 552. The quantitative estimate of drug-likeness (QED) is 0.917. The molecule has 0 aromatic heterocycles. The molecule has 1 aromatic carbocycles. The van der Waals surface area contributed by atoms with E-state index in [1.807, 2.05) is 24.8 Å². The molecule has 0 saturated heterocycles. The maximum absolute atomic E-state index is 12.6. The van der Waals surface area contributed by atoms with Gasteiger partial charge in [0.15, 0.2) is 0 Å². The normalized spacial score (nSPS) is 17.3. The Morgan fingerprint density at radius 3 is 2.65 bits per heavy atom. The van der Waals surface area contributed by atoms with Crippen molar-refractivity contribution in [2.24, 2.45) is 0 Å². The van der Waals surface area contributed by atoms with E-state index in [4.69, 9.17) is 0 Å². The summed E-state index contributed by atoms with van der Waals surface area (Å²) < 4.78 is 0. The molecule has 0 spiro atoms. The number of rotatable bonds is 4. The zero-order chi connectivity index (χ0) is 14.9. The van der Waals surface area contributed by atoms with Crippen LogP contribution in [0.2, 0.25) is 0 Å². The van der Waals surface area contributed by atoms with E-state index in [0.29, 0.717) is 6.54 Å². The van der Waals surface area contributed by atoms with Gasteiger partial charge in [0, 0.05) is 19.0 Å². The number of carbonyl (C=O) groups is 2. The Kier molecular flexibility index (Phi) is 4.12. The molecular formula is C16H22N2O2. The van der Waals surface area contributed by atoms with E-state index in [2.05, 4.69) is 18.3 Å². The molecule has 20 heavy (non-hydrogen) atoms. The minimum absolute atomic E-state index is 0.0163. The van der Waals surface area contributed by atoms with Gasteiger partial charge in [0.1, 0.15) is 6.04 Å². The highest BCUT2D eigenvalue weighted by atomic mass is 16.2. The molecule has 0 fully saturated rings. The summed E-state index contributed by atoms with van der Waals surface area (Å²) >= 11 is 0. The number of benzene rings is 1. The monoisotopic (exact) mass is 274 g/mol. The summed E-state index contributed by atoms with van der Waals surface area (Å²) in [7, 11) is 0. The molecule has 0 radical (unpaired) electrons. The van der Waals surface area contributed by atoms with Crippen molar-refractivity contribution in [1.29, 1.82) is 0 Å². The molecule has 0 saturated carbocycles. The summed E-state index contributed by atoms with van der Waals surface area (Å²) in [6.07, 6.45) is 2.00. The fourth-order valence-corrected chi connectivity index (χ4v) is 2.86. The molecule has 1 aliphatic rings. The van der Waals surface area contributed by atoms with Crippen molar-refractivity contribution in [1.82, 2.24) is 5.32 Å². The number of hydrogen-bond acceptors (Lipinski definition) is 2. The molecule has 1 aromatic rings. The highest BCUT2D eigenvalue weighted by Gasteiger charge is 2.38. The SMILES string of the molecule is CCCCN1C(=O)[C@H](NC(C)=O)c2cc(C)cc(C)c21. The van der Waals surface area contributed by atoms with E-state index >= 15 is 0 Å². The first-order valence-electron chi connectivity index (χ1n) is 7.15. The molecule has 4 nitrogen and oxygen atoms in total. The lowest BCUT2D eigenvalue weighted by atomic mass is 10.0. The van der Waals surface area contributed by atoms with Crippen LogP contribution < -0.4 is 10.2 Å². The average molecular weight is 274 g/mol. The molecule has 4 heteroatoms. The summed E-state index contributed by atoms with van der Waals surface area (Å²) in [5.41, 5.74) is 4.12. The fourth-order valence-electron chi connectivity index (χ4n) is 2.86.